The highest BCUT2D eigenvalue weighted by Gasteiger charge is 1.91. The number of hydrogen-bond acceptors (Lipinski definition) is 6. The Morgan fingerprint density at radius 2 is 1.33 bits per heavy atom. The largest absolute Gasteiger partial charge is 0.399 e. The molecule has 0 amide bonds. The van der Waals surface area contributed by atoms with E-state index in [1.807, 2.05) is 38.4 Å². The fraction of sp³-hybridized carbons (Fsp3) is 0.250. The SMILES string of the molecule is CNCCNC.N=[N+]=Nc1ccc(N)cc1.Nc1ccc(I)cc1. The van der Waals surface area contributed by atoms with Gasteiger partial charge < -0.3 is 22.1 Å². The van der Waals surface area contributed by atoms with Gasteiger partial charge in [0.2, 0.25) is 4.91 Å². The molecule has 0 spiro atoms. The van der Waals surface area contributed by atoms with Gasteiger partial charge in [-0.15, -0.1) is 0 Å². The van der Waals surface area contributed by atoms with Crippen LogP contribution in [0.1, 0.15) is 0 Å². The summed E-state index contributed by atoms with van der Waals surface area (Å²) in [5.41, 5.74) is 19.4. The molecule has 7 N–H and O–H groups in total. The smallest absolute Gasteiger partial charge is 0.220 e. The average Bonchev–Trinajstić information content (AvgIpc) is 2.59. The molecule has 0 aliphatic carbocycles. The number of nitrogens with zero attached hydrogens (tertiary/aromatic N) is 2. The van der Waals surface area contributed by atoms with Gasteiger partial charge in [-0.1, -0.05) is 0 Å². The zero-order valence-corrected chi connectivity index (χ0v) is 16.1. The number of nitrogens with two attached hydrogens (primary N) is 2. The third-order valence-corrected chi connectivity index (χ3v) is 3.27. The Hall–Kier alpha value is -2.00. The van der Waals surface area contributed by atoms with Gasteiger partial charge in [-0.05, 0) is 85.2 Å². The monoisotopic (exact) mass is 442 g/mol. The predicted molar refractivity (Wildman–Crippen MR) is 109 cm³/mol. The normalized spacial score (nSPS) is 8.79. The van der Waals surface area contributed by atoms with Crippen molar-refractivity contribution in [3.05, 3.63) is 52.1 Å². The third kappa shape index (κ3) is 12.5. The highest BCUT2D eigenvalue weighted by Crippen LogP contribution is 2.12. The average molecular weight is 442 g/mol. The molecule has 0 saturated carbocycles. The fourth-order valence-electron chi connectivity index (χ4n) is 1.31. The van der Waals surface area contributed by atoms with Crippen molar-refractivity contribution in [2.45, 2.75) is 0 Å². The van der Waals surface area contributed by atoms with E-state index in [0.29, 0.717) is 11.4 Å². The standard InChI is InChI=1S/C6H6IN.C6H6N4.C4H12N2/c7-5-1-3-6(8)4-2-5;7-5-1-3-6(4-2-5)9-10-8;1-5-3-4-6-2/h1-4H,8H2;1-4,7-8H;5-6H,3-4H2,1-2H3/p+1. The van der Waals surface area contributed by atoms with Gasteiger partial charge in [-0.3, -0.25) is 0 Å². The fourth-order valence-corrected chi connectivity index (χ4v) is 1.67. The van der Waals surface area contributed by atoms with Gasteiger partial charge in [0.1, 0.15) is 5.53 Å². The van der Waals surface area contributed by atoms with Gasteiger partial charge in [0.15, 0.2) is 10.8 Å². The molecule has 0 heterocycles. The molecule has 24 heavy (non-hydrogen) atoms. The molecule has 2 aromatic rings. The van der Waals surface area contributed by atoms with Crippen molar-refractivity contribution in [2.75, 3.05) is 38.7 Å². The number of benzene rings is 2. The van der Waals surface area contributed by atoms with Crippen molar-refractivity contribution in [2.24, 2.45) is 5.11 Å². The summed E-state index contributed by atoms with van der Waals surface area (Å²) in [6.07, 6.45) is 0. The molecule has 0 aliphatic heterocycles. The van der Waals surface area contributed by atoms with Crippen LogP contribution in [0.2, 0.25) is 0 Å². The summed E-state index contributed by atoms with van der Waals surface area (Å²) in [5, 5.41) is 9.50. The first kappa shape index (κ1) is 22.0. The van der Waals surface area contributed by atoms with Gasteiger partial charge in [0, 0.05) is 28.0 Å². The second-order valence-electron chi connectivity index (χ2n) is 4.55. The first-order valence-corrected chi connectivity index (χ1v) is 8.34. The molecule has 2 rings (SSSR count). The summed E-state index contributed by atoms with van der Waals surface area (Å²) in [6.45, 7) is 2.10. The van der Waals surface area contributed by atoms with Crippen LogP contribution < -0.4 is 27.0 Å². The Bertz CT molecular complexity index is 568. The summed E-state index contributed by atoms with van der Waals surface area (Å²) in [4.78, 5) is 2.87. The van der Waals surface area contributed by atoms with E-state index in [1.54, 1.807) is 24.3 Å². The third-order valence-electron chi connectivity index (χ3n) is 2.55. The molecule has 0 saturated heterocycles. The van der Waals surface area contributed by atoms with Crippen LogP contribution in [0.25, 0.3) is 0 Å². The minimum Gasteiger partial charge on any atom is -0.399 e. The number of halogens is 1. The van der Waals surface area contributed by atoms with Crippen LogP contribution in [-0.4, -0.2) is 27.2 Å². The highest BCUT2D eigenvalue weighted by molar-refractivity contribution is 14.1. The molecule has 8 heteroatoms. The number of nitrogens with one attached hydrogen (secondary N) is 3. The lowest BCUT2D eigenvalue weighted by Gasteiger charge is -1.92. The zero-order valence-electron chi connectivity index (χ0n) is 14.0. The first-order valence-electron chi connectivity index (χ1n) is 7.26. The molecule has 7 nitrogen and oxygen atoms in total. The van der Waals surface area contributed by atoms with Crippen LogP contribution in [-0.2, 0) is 0 Å². The number of hydrogen-bond donors (Lipinski definition) is 5. The number of rotatable bonds is 4. The van der Waals surface area contributed by atoms with E-state index in [9.17, 15) is 0 Å². The van der Waals surface area contributed by atoms with Gasteiger partial charge in [0.25, 0.3) is 0 Å². The van der Waals surface area contributed by atoms with E-state index in [-0.39, 0.29) is 0 Å². The first-order chi connectivity index (χ1) is 11.5. The lowest BCUT2D eigenvalue weighted by Crippen LogP contribution is -2.21. The van der Waals surface area contributed by atoms with Gasteiger partial charge >= 0.3 is 0 Å². The van der Waals surface area contributed by atoms with Crippen molar-refractivity contribution in [3.8, 4) is 0 Å². The summed E-state index contributed by atoms with van der Waals surface area (Å²) >= 11 is 2.24. The van der Waals surface area contributed by atoms with E-state index >= 15 is 0 Å². The molecule has 130 valence electrons. The second-order valence-corrected chi connectivity index (χ2v) is 5.80. The van der Waals surface area contributed by atoms with Crippen molar-refractivity contribution in [1.82, 2.24) is 15.5 Å². The molecule has 0 fully saturated rings. The molecule has 0 atom stereocenters. The van der Waals surface area contributed by atoms with Crippen molar-refractivity contribution < 1.29 is 0 Å². The minimum absolute atomic E-state index is 0.643. The van der Waals surface area contributed by atoms with Crippen molar-refractivity contribution in [1.29, 1.82) is 5.53 Å². The van der Waals surface area contributed by atoms with Crippen molar-refractivity contribution in [3.63, 3.8) is 0 Å². The van der Waals surface area contributed by atoms with Crippen LogP contribution in [0.5, 0.6) is 0 Å². The Labute approximate surface area is 156 Å². The van der Waals surface area contributed by atoms with E-state index in [1.165, 1.54) is 3.57 Å². The molecule has 0 aliphatic rings. The number of anilines is 2. The van der Waals surface area contributed by atoms with E-state index in [2.05, 4.69) is 43.3 Å². The maximum absolute atomic E-state index is 6.42. The van der Waals surface area contributed by atoms with Crippen LogP contribution >= 0.6 is 22.6 Å². The summed E-state index contributed by atoms with van der Waals surface area (Å²) in [6, 6.07) is 14.6. The lowest BCUT2D eigenvalue weighted by atomic mass is 10.3. The quantitative estimate of drug-likeness (QED) is 0.164. The second kappa shape index (κ2) is 14.6. The number of likely N-dealkylation sites (N-methyl/N-ethyl adjacent to an activating group) is 2. The van der Waals surface area contributed by atoms with Gasteiger partial charge in [0.05, 0.1) is 0 Å². The summed E-state index contributed by atoms with van der Waals surface area (Å²) < 4.78 is 1.22. The Morgan fingerprint density at radius 3 is 1.67 bits per heavy atom. The Morgan fingerprint density at radius 1 is 0.917 bits per heavy atom. The summed E-state index contributed by atoms with van der Waals surface area (Å²) in [5.74, 6) is 0. The Balaban J connectivity index is 0.000000343. The van der Waals surface area contributed by atoms with Crippen LogP contribution in [0.15, 0.2) is 53.6 Å². The van der Waals surface area contributed by atoms with E-state index < -0.39 is 0 Å². The van der Waals surface area contributed by atoms with Gasteiger partial charge in [-0.25, -0.2) is 0 Å². The summed E-state index contributed by atoms with van der Waals surface area (Å²) in [7, 11) is 3.88. The molecule has 0 aromatic heterocycles. The highest BCUT2D eigenvalue weighted by atomic mass is 127. The zero-order chi connectivity index (χ0) is 18.2. The maximum Gasteiger partial charge on any atom is 0.220 e. The van der Waals surface area contributed by atoms with Crippen LogP contribution in [0.3, 0.4) is 0 Å². The van der Waals surface area contributed by atoms with Crippen molar-refractivity contribution >= 4 is 39.7 Å². The molecule has 0 radical (unpaired) electrons. The van der Waals surface area contributed by atoms with Gasteiger partial charge in [-0.2, -0.15) is 0 Å². The van der Waals surface area contributed by atoms with Crippen LogP contribution in [0, 0.1) is 9.10 Å². The molecular formula is C16H25IN7+. The topological polar surface area (TPSA) is 126 Å². The predicted octanol–water partition coefficient (Wildman–Crippen LogP) is 2.75. The molecule has 2 aromatic carbocycles. The minimum atomic E-state index is 0.643. The molecule has 0 unspecified atom stereocenters. The lowest BCUT2D eigenvalue weighted by molar-refractivity contribution is 0.718. The number of nitrogen functional groups attached to an aromatic ring is 2. The molecule has 0 bridgehead atoms. The molecular weight excluding hydrogens is 417 g/mol. The van der Waals surface area contributed by atoms with E-state index in [4.69, 9.17) is 17.0 Å². The van der Waals surface area contributed by atoms with Crippen LogP contribution in [0.4, 0.5) is 17.1 Å². The Kier molecular flexibility index (Phi) is 13.4. The maximum atomic E-state index is 6.42. The van der Waals surface area contributed by atoms with E-state index in [0.717, 1.165) is 18.8 Å².